The fraction of sp³-hybridized carbons (Fsp3) is 0.909. The number of hydrogen-bond acceptors (Lipinski definition) is 3. The van der Waals surface area contributed by atoms with Crippen LogP contribution in [-0.2, 0) is 14.3 Å². The van der Waals surface area contributed by atoms with Gasteiger partial charge in [0.1, 0.15) is 0 Å². The summed E-state index contributed by atoms with van der Waals surface area (Å²) in [6, 6.07) is 0.195. The summed E-state index contributed by atoms with van der Waals surface area (Å²) in [6.07, 6.45) is 4.80. The number of alkyl halides is 2. The molecule has 0 aromatic rings. The summed E-state index contributed by atoms with van der Waals surface area (Å²) in [5.74, 6) is -0.639. The normalized spacial score (nSPS) is 41.2. The van der Waals surface area contributed by atoms with Crippen molar-refractivity contribution in [3.63, 3.8) is 0 Å². The van der Waals surface area contributed by atoms with Crippen LogP contribution in [0.5, 0.6) is 0 Å². The number of nitrogens with one attached hydrogen (secondary N) is 1. The predicted octanol–water partition coefficient (Wildman–Crippen LogP) is 4.03. The maximum atomic E-state index is 13.1. The highest BCUT2D eigenvalue weighted by atomic mass is 19.3. The van der Waals surface area contributed by atoms with Gasteiger partial charge < -0.3 is 10.1 Å². The van der Waals surface area contributed by atoms with Crippen molar-refractivity contribution in [1.29, 1.82) is 0 Å². The van der Waals surface area contributed by atoms with Gasteiger partial charge in [0.05, 0.1) is 5.92 Å². The quantitative estimate of drug-likeness (QED) is 0.544. The summed E-state index contributed by atoms with van der Waals surface area (Å²) in [5.41, 5.74) is -0.367. The van der Waals surface area contributed by atoms with Crippen molar-refractivity contribution >= 4 is 11.9 Å². The molecule has 4 saturated carbocycles. The Hall–Kier alpha value is -1.20. The molecule has 6 heteroatoms. The van der Waals surface area contributed by atoms with Crippen LogP contribution < -0.4 is 5.32 Å². The molecule has 4 aliphatic rings. The largest absolute Gasteiger partial charge is 0.459 e. The fourth-order valence-electron chi connectivity index (χ4n) is 6.87. The van der Waals surface area contributed by atoms with Gasteiger partial charge in [-0.05, 0) is 67.6 Å². The van der Waals surface area contributed by atoms with Crippen molar-refractivity contribution < 1.29 is 23.1 Å². The third-order valence-electron chi connectivity index (χ3n) is 8.40. The van der Waals surface area contributed by atoms with E-state index in [0.29, 0.717) is 29.6 Å². The van der Waals surface area contributed by atoms with Crippen LogP contribution in [0.1, 0.15) is 59.8 Å². The molecule has 28 heavy (non-hydrogen) atoms. The predicted molar refractivity (Wildman–Crippen MR) is 100 cm³/mol. The van der Waals surface area contributed by atoms with Gasteiger partial charge in [-0.3, -0.25) is 9.59 Å². The number of fused-ring (bicyclic) bond motifs is 9. The molecular weight excluding hydrogens is 364 g/mol. The first-order valence-corrected chi connectivity index (χ1v) is 10.9. The molecule has 0 aromatic carbocycles. The Bertz CT molecular complexity index is 659. The van der Waals surface area contributed by atoms with E-state index >= 15 is 0 Å². The zero-order valence-corrected chi connectivity index (χ0v) is 17.3. The second kappa shape index (κ2) is 6.66. The van der Waals surface area contributed by atoms with E-state index in [1.54, 1.807) is 0 Å². The van der Waals surface area contributed by atoms with E-state index in [4.69, 9.17) is 4.74 Å². The molecule has 0 aromatic heterocycles. The SMILES string of the molecule is CCC(C)(C)C(=O)NC1CC2CC1C1C3CC(CC3C(=O)OCC(C)(F)F)C21. The Balaban J connectivity index is 1.42. The minimum atomic E-state index is -2.98. The van der Waals surface area contributed by atoms with Crippen molar-refractivity contribution in [2.24, 2.45) is 46.8 Å². The number of halogens is 2. The molecule has 0 aliphatic heterocycles. The zero-order chi connectivity index (χ0) is 20.4. The van der Waals surface area contributed by atoms with Crippen molar-refractivity contribution in [1.82, 2.24) is 5.32 Å². The zero-order valence-electron chi connectivity index (χ0n) is 17.3. The molecule has 1 amide bonds. The van der Waals surface area contributed by atoms with E-state index in [1.165, 1.54) is 0 Å². The number of ether oxygens (including phenoxy) is 1. The Morgan fingerprint density at radius 2 is 1.64 bits per heavy atom. The minimum absolute atomic E-state index is 0.119. The smallest absolute Gasteiger partial charge is 0.309 e. The van der Waals surface area contributed by atoms with Gasteiger partial charge in [0.25, 0.3) is 5.92 Å². The van der Waals surface area contributed by atoms with Gasteiger partial charge in [-0.1, -0.05) is 20.8 Å². The first-order chi connectivity index (χ1) is 13.0. The molecule has 4 bridgehead atoms. The summed E-state index contributed by atoms with van der Waals surface area (Å²) >= 11 is 0. The van der Waals surface area contributed by atoms with E-state index in [1.807, 2.05) is 20.8 Å². The molecule has 4 aliphatic carbocycles. The third-order valence-corrected chi connectivity index (χ3v) is 8.40. The Kier molecular flexibility index (Phi) is 4.78. The molecule has 0 saturated heterocycles. The van der Waals surface area contributed by atoms with Gasteiger partial charge in [-0.2, -0.15) is 0 Å². The van der Waals surface area contributed by atoms with E-state index in [2.05, 4.69) is 5.32 Å². The second-order valence-electron chi connectivity index (χ2n) is 10.5. The summed E-state index contributed by atoms with van der Waals surface area (Å²) in [7, 11) is 0. The first kappa shape index (κ1) is 20.1. The monoisotopic (exact) mass is 397 g/mol. The van der Waals surface area contributed by atoms with Crippen LogP contribution in [-0.4, -0.2) is 30.4 Å². The molecule has 0 radical (unpaired) electrons. The Morgan fingerprint density at radius 1 is 1.00 bits per heavy atom. The van der Waals surface area contributed by atoms with Crippen LogP contribution in [0.3, 0.4) is 0 Å². The van der Waals surface area contributed by atoms with E-state index in [0.717, 1.165) is 39.0 Å². The standard InChI is InChI=1S/C22H33F2NO3/c1-5-21(2,3)20(27)25-16-9-12-8-15(16)18-13-6-11(17(12)18)7-14(13)19(26)28-10-22(4,23)24/h11-18H,5-10H2,1-4H3,(H,25,27). The van der Waals surface area contributed by atoms with Gasteiger partial charge in [-0.15, -0.1) is 0 Å². The maximum absolute atomic E-state index is 13.1. The molecule has 8 atom stereocenters. The number of carbonyl (C=O) groups excluding carboxylic acids is 2. The number of carbonyl (C=O) groups is 2. The Morgan fingerprint density at radius 3 is 2.29 bits per heavy atom. The lowest BCUT2D eigenvalue weighted by atomic mass is 9.66. The van der Waals surface area contributed by atoms with Crippen LogP contribution in [0.25, 0.3) is 0 Å². The van der Waals surface area contributed by atoms with Crippen LogP contribution >= 0.6 is 0 Å². The summed E-state index contributed by atoms with van der Waals surface area (Å²) in [4.78, 5) is 25.2. The minimum Gasteiger partial charge on any atom is -0.459 e. The fourth-order valence-corrected chi connectivity index (χ4v) is 6.87. The van der Waals surface area contributed by atoms with Crippen molar-refractivity contribution in [3.05, 3.63) is 0 Å². The lowest BCUT2D eigenvalue weighted by Gasteiger charge is -2.41. The topological polar surface area (TPSA) is 55.4 Å². The lowest BCUT2D eigenvalue weighted by molar-refractivity contribution is -0.162. The molecule has 4 rings (SSSR count). The number of rotatable bonds is 6. The molecule has 8 unspecified atom stereocenters. The summed E-state index contributed by atoms with van der Waals surface area (Å²) in [5, 5.41) is 3.31. The highest BCUT2D eigenvalue weighted by molar-refractivity contribution is 5.82. The van der Waals surface area contributed by atoms with Gasteiger partial charge in [0.2, 0.25) is 5.91 Å². The van der Waals surface area contributed by atoms with Crippen molar-refractivity contribution in [2.75, 3.05) is 6.61 Å². The van der Waals surface area contributed by atoms with E-state index < -0.39 is 18.5 Å². The van der Waals surface area contributed by atoms with Crippen LogP contribution in [0.4, 0.5) is 8.78 Å². The van der Waals surface area contributed by atoms with E-state index in [-0.39, 0.29) is 29.2 Å². The first-order valence-electron chi connectivity index (χ1n) is 10.9. The molecule has 4 nitrogen and oxygen atoms in total. The number of amides is 1. The van der Waals surface area contributed by atoms with E-state index in [9.17, 15) is 18.4 Å². The molecular formula is C22H33F2NO3. The third kappa shape index (κ3) is 3.24. The van der Waals surface area contributed by atoms with Crippen molar-refractivity contribution in [2.45, 2.75) is 71.8 Å². The highest BCUT2D eigenvalue weighted by Crippen LogP contribution is 2.68. The highest BCUT2D eigenvalue weighted by Gasteiger charge is 2.66. The van der Waals surface area contributed by atoms with Gasteiger partial charge in [-0.25, -0.2) is 8.78 Å². The second-order valence-corrected chi connectivity index (χ2v) is 10.5. The molecule has 0 spiro atoms. The molecule has 1 N–H and O–H groups in total. The Labute approximate surface area is 166 Å². The van der Waals surface area contributed by atoms with Gasteiger partial charge in [0, 0.05) is 18.4 Å². The van der Waals surface area contributed by atoms with Crippen molar-refractivity contribution in [3.8, 4) is 0 Å². The molecule has 158 valence electrons. The average molecular weight is 398 g/mol. The van der Waals surface area contributed by atoms with Crippen LogP contribution in [0.15, 0.2) is 0 Å². The summed E-state index contributed by atoms with van der Waals surface area (Å²) < 4.78 is 31.1. The summed E-state index contributed by atoms with van der Waals surface area (Å²) in [6.45, 7) is 5.93. The maximum Gasteiger partial charge on any atom is 0.309 e. The lowest BCUT2D eigenvalue weighted by Crippen LogP contribution is -2.49. The number of hydrogen-bond donors (Lipinski definition) is 1. The molecule has 4 fully saturated rings. The average Bonchev–Trinajstić information content (AvgIpc) is 3.36. The van der Waals surface area contributed by atoms with Crippen LogP contribution in [0.2, 0.25) is 0 Å². The van der Waals surface area contributed by atoms with Gasteiger partial charge >= 0.3 is 5.97 Å². The molecule has 0 heterocycles. The van der Waals surface area contributed by atoms with Gasteiger partial charge in [0.15, 0.2) is 6.61 Å². The number of esters is 1. The van der Waals surface area contributed by atoms with Crippen LogP contribution in [0, 0.1) is 46.8 Å².